The summed E-state index contributed by atoms with van der Waals surface area (Å²) in [4.78, 5) is 6.69. The number of nitrogens with zero attached hydrogens (tertiary/aromatic N) is 1. The van der Waals surface area contributed by atoms with Crippen molar-refractivity contribution in [2.75, 3.05) is 0 Å². The van der Waals surface area contributed by atoms with E-state index in [1.165, 1.54) is 29.5 Å². The zero-order valence-corrected chi connectivity index (χ0v) is 21.2. The molecule has 5 atom stereocenters. The highest BCUT2D eigenvalue weighted by Gasteiger charge is 2.36. The Balaban J connectivity index is 1.42. The summed E-state index contributed by atoms with van der Waals surface area (Å²) < 4.78 is 6.25. The van der Waals surface area contributed by atoms with Gasteiger partial charge in [0.1, 0.15) is 6.10 Å². The molecule has 0 amide bonds. The van der Waals surface area contributed by atoms with Crippen molar-refractivity contribution in [2.45, 2.75) is 84.8 Å². The van der Waals surface area contributed by atoms with Gasteiger partial charge in [0.25, 0.3) is 0 Å². The van der Waals surface area contributed by atoms with E-state index in [2.05, 4.69) is 113 Å². The molecule has 2 aliphatic carbocycles. The summed E-state index contributed by atoms with van der Waals surface area (Å²) in [6, 6.07) is 19.7. The molecule has 0 N–H and O–H groups in total. The SMILES string of the molecule is CC(ON(C(c1ccccc1)C(C)C)C(C)(C)C)c1ccc(COC2CC3C=CC2C3)cc1. The third-order valence-electron chi connectivity index (χ3n) is 7.09. The Morgan fingerprint density at radius 2 is 1.58 bits per heavy atom. The van der Waals surface area contributed by atoms with Gasteiger partial charge in [-0.1, -0.05) is 80.6 Å². The lowest BCUT2D eigenvalue weighted by Gasteiger charge is -2.44. The molecule has 0 radical (unpaired) electrons. The molecule has 4 rings (SSSR count). The van der Waals surface area contributed by atoms with Gasteiger partial charge in [-0.25, -0.2) is 0 Å². The van der Waals surface area contributed by atoms with Gasteiger partial charge in [0, 0.05) is 11.5 Å². The monoisotopic (exact) mass is 447 g/mol. The predicted molar refractivity (Wildman–Crippen MR) is 135 cm³/mol. The summed E-state index contributed by atoms with van der Waals surface area (Å²) in [5.41, 5.74) is 3.57. The second-order valence-corrected chi connectivity index (χ2v) is 11.2. The minimum absolute atomic E-state index is 0.0418. The zero-order valence-electron chi connectivity index (χ0n) is 21.2. The average Bonchev–Trinajstić information content (AvgIpc) is 3.41. The molecule has 0 aromatic heterocycles. The first-order chi connectivity index (χ1) is 15.7. The highest BCUT2D eigenvalue weighted by molar-refractivity contribution is 5.24. The molecular weight excluding hydrogens is 406 g/mol. The molecule has 2 aliphatic rings. The number of allylic oxidation sites excluding steroid dienone is 1. The summed E-state index contributed by atoms with van der Waals surface area (Å²) in [6.07, 6.45) is 7.53. The topological polar surface area (TPSA) is 21.7 Å². The Hall–Kier alpha value is -1.94. The smallest absolute Gasteiger partial charge is 0.102 e. The normalized spacial score (nSPS) is 24.1. The minimum Gasteiger partial charge on any atom is -0.373 e. The Kier molecular flexibility index (Phi) is 7.43. The second-order valence-electron chi connectivity index (χ2n) is 11.2. The van der Waals surface area contributed by atoms with Crippen LogP contribution >= 0.6 is 0 Å². The highest BCUT2D eigenvalue weighted by Crippen LogP contribution is 2.41. The second kappa shape index (κ2) is 10.1. The summed E-state index contributed by atoms with van der Waals surface area (Å²) >= 11 is 0. The molecule has 1 fully saturated rings. The zero-order chi connectivity index (χ0) is 23.6. The minimum atomic E-state index is -0.137. The highest BCUT2D eigenvalue weighted by atomic mass is 16.7. The van der Waals surface area contributed by atoms with E-state index in [1.807, 2.05) is 0 Å². The van der Waals surface area contributed by atoms with E-state index in [4.69, 9.17) is 9.57 Å². The van der Waals surface area contributed by atoms with Crippen LogP contribution in [0.4, 0.5) is 0 Å². The van der Waals surface area contributed by atoms with E-state index >= 15 is 0 Å². The Morgan fingerprint density at radius 3 is 2.12 bits per heavy atom. The van der Waals surface area contributed by atoms with E-state index in [-0.39, 0.29) is 17.7 Å². The number of fused-ring (bicyclic) bond motifs is 2. The summed E-state index contributed by atoms with van der Waals surface area (Å²) in [6.45, 7) is 14.1. The molecule has 3 nitrogen and oxygen atoms in total. The first-order valence-corrected chi connectivity index (χ1v) is 12.6. The first-order valence-electron chi connectivity index (χ1n) is 12.6. The first kappa shape index (κ1) is 24.2. The van der Waals surface area contributed by atoms with Crippen LogP contribution in [-0.4, -0.2) is 16.7 Å². The Morgan fingerprint density at radius 1 is 0.879 bits per heavy atom. The number of hydrogen-bond acceptors (Lipinski definition) is 3. The fourth-order valence-corrected chi connectivity index (χ4v) is 5.32. The van der Waals surface area contributed by atoms with Crippen molar-refractivity contribution >= 4 is 0 Å². The van der Waals surface area contributed by atoms with E-state index in [0.29, 0.717) is 24.5 Å². The van der Waals surface area contributed by atoms with Gasteiger partial charge in [0.05, 0.1) is 18.8 Å². The van der Waals surface area contributed by atoms with Crippen LogP contribution in [0.25, 0.3) is 0 Å². The molecule has 178 valence electrons. The van der Waals surface area contributed by atoms with Crippen molar-refractivity contribution in [2.24, 2.45) is 17.8 Å². The molecule has 0 aliphatic heterocycles. The van der Waals surface area contributed by atoms with Gasteiger partial charge in [0.2, 0.25) is 0 Å². The number of benzene rings is 2. The predicted octanol–water partition coefficient (Wildman–Crippen LogP) is 7.66. The average molecular weight is 448 g/mol. The van der Waals surface area contributed by atoms with E-state index in [0.717, 1.165) is 5.92 Å². The molecule has 2 bridgehead atoms. The van der Waals surface area contributed by atoms with Gasteiger partial charge in [-0.3, -0.25) is 4.84 Å². The fraction of sp³-hybridized carbons (Fsp3) is 0.533. The van der Waals surface area contributed by atoms with Gasteiger partial charge in [-0.15, -0.1) is 0 Å². The fourth-order valence-electron chi connectivity index (χ4n) is 5.32. The maximum atomic E-state index is 6.69. The van der Waals surface area contributed by atoms with E-state index in [9.17, 15) is 0 Å². The molecule has 0 spiro atoms. The lowest BCUT2D eigenvalue weighted by Crippen LogP contribution is -2.46. The van der Waals surface area contributed by atoms with E-state index in [1.54, 1.807) is 0 Å². The Bertz CT molecular complexity index is 913. The standard InChI is InChI=1S/C30H41NO2/c1-21(2)29(26-10-8-7-9-11-26)31(30(4,5)6)33-22(3)25-15-12-23(13-16-25)20-32-28-19-24-14-17-27(28)18-24/h7-17,21-22,24,27-29H,18-20H2,1-6H3. The lowest BCUT2D eigenvalue weighted by atomic mass is 9.92. The molecule has 5 unspecified atom stereocenters. The van der Waals surface area contributed by atoms with Crippen molar-refractivity contribution in [1.82, 2.24) is 5.06 Å². The van der Waals surface area contributed by atoms with Gasteiger partial charge >= 0.3 is 0 Å². The van der Waals surface area contributed by atoms with Crippen molar-refractivity contribution in [3.05, 3.63) is 83.4 Å². The van der Waals surface area contributed by atoms with Crippen LogP contribution in [0.15, 0.2) is 66.7 Å². The molecule has 0 saturated heterocycles. The summed E-state index contributed by atoms with van der Waals surface area (Å²) in [7, 11) is 0. The van der Waals surface area contributed by atoms with Crippen molar-refractivity contribution in [3.63, 3.8) is 0 Å². The van der Waals surface area contributed by atoms with Crippen LogP contribution in [-0.2, 0) is 16.2 Å². The summed E-state index contributed by atoms with van der Waals surface area (Å²) in [5.74, 6) is 1.79. The molecular formula is C30H41NO2. The van der Waals surface area contributed by atoms with Crippen LogP contribution in [0.5, 0.6) is 0 Å². The molecule has 2 aromatic rings. The van der Waals surface area contributed by atoms with E-state index < -0.39 is 0 Å². The van der Waals surface area contributed by atoms with Crippen molar-refractivity contribution in [3.8, 4) is 0 Å². The van der Waals surface area contributed by atoms with Crippen LogP contribution in [0, 0.1) is 17.8 Å². The number of hydroxylamine groups is 2. The number of hydrogen-bond donors (Lipinski definition) is 0. The third kappa shape index (κ3) is 5.77. The van der Waals surface area contributed by atoms with Crippen molar-refractivity contribution in [1.29, 1.82) is 0 Å². The van der Waals surface area contributed by atoms with Crippen LogP contribution in [0.2, 0.25) is 0 Å². The molecule has 33 heavy (non-hydrogen) atoms. The quantitative estimate of drug-likeness (QED) is 0.291. The largest absolute Gasteiger partial charge is 0.373 e. The van der Waals surface area contributed by atoms with Crippen LogP contribution in [0.1, 0.15) is 83.2 Å². The van der Waals surface area contributed by atoms with Crippen molar-refractivity contribution < 1.29 is 9.57 Å². The van der Waals surface area contributed by atoms with Gasteiger partial charge in [0.15, 0.2) is 0 Å². The van der Waals surface area contributed by atoms with Crippen LogP contribution < -0.4 is 0 Å². The third-order valence-corrected chi connectivity index (χ3v) is 7.09. The number of ether oxygens (including phenoxy) is 1. The van der Waals surface area contributed by atoms with Crippen LogP contribution in [0.3, 0.4) is 0 Å². The molecule has 2 aromatic carbocycles. The molecule has 0 heterocycles. The Labute approximate surface area is 200 Å². The molecule has 3 heteroatoms. The van der Waals surface area contributed by atoms with Gasteiger partial charge < -0.3 is 4.74 Å². The maximum Gasteiger partial charge on any atom is 0.102 e. The lowest BCUT2D eigenvalue weighted by molar-refractivity contribution is -0.272. The number of rotatable bonds is 9. The molecule has 1 saturated carbocycles. The van der Waals surface area contributed by atoms with Gasteiger partial charge in [-0.05, 0) is 69.1 Å². The van der Waals surface area contributed by atoms with Gasteiger partial charge in [-0.2, -0.15) is 5.06 Å². The maximum absolute atomic E-state index is 6.69. The summed E-state index contributed by atoms with van der Waals surface area (Å²) in [5, 5.41) is 2.21.